The fourth-order valence-corrected chi connectivity index (χ4v) is 3.02. The summed E-state index contributed by atoms with van der Waals surface area (Å²) in [5.41, 5.74) is 2.70. The first kappa shape index (κ1) is 11.4. The van der Waals surface area contributed by atoms with Gasteiger partial charge in [0.2, 0.25) is 0 Å². The number of rotatable bonds is 3. The van der Waals surface area contributed by atoms with Gasteiger partial charge in [-0.15, -0.1) is 11.3 Å². The predicted molar refractivity (Wildman–Crippen MR) is 71.9 cm³/mol. The number of hydrogen-bond acceptors (Lipinski definition) is 2. The lowest BCUT2D eigenvalue weighted by Crippen LogP contribution is -2.09. The molecule has 2 rings (SSSR count). The summed E-state index contributed by atoms with van der Waals surface area (Å²) < 4.78 is 0. The minimum absolute atomic E-state index is 1.03. The summed E-state index contributed by atoms with van der Waals surface area (Å²) in [5, 5.41) is 0. The molecule has 0 atom stereocenters. The second-order valence-corrected chi connectivity index (χ2v) is 5.63. The number of benzene rings is 1. The maximum absolute atomic E-state index is 2.31. The molecule has 1 aromatic heterocycles. The molecule has 0 fully saturated rings. The molecule has 0 aliphatic heterocycles. The van der Waals surface area contributed by atoms with Gasteiger partial charge >= 0.3 is 0 Å². The predicted octanol–water partition coefficient (Wildman–Crippen LogP) is 3.79. The Morgan fingerprint density at radius 3 is 2.44 bits per heavy atom. The molecule has 0 radical (unpaired) electrons. The second-order valence-electron chi connectivity index (χ2n) is 4.29. The molecule has 0 bridgehead atoms. The zero-order valence-electron chi connectivity index (χ0n) is 10.0. The van der Waals surface area contributed by atoms with E-state index in [0.717, 1.165) is 6.54 Å². The molecule has 0 saturated heterocycles. The molecular formula is C14H17NS. The highest BCUT2D eigenvalue weighted by molar-refractivity contribution is 7.12. The molecule has 0 unspecified atom stereocenters. The lowest BCUT2D eigenvalue weighted by Gasteiger charge is -2.05. The van der Waals surface area contributed by atoms with Crippen molar-refractivity contribution in [2.24, 2.45) is 0 Å². The maximum atomic E-state index is 2.31. The van der Waals surface area contributed by atoms with Gasteiger partial charge in [0, 0.05) is 16.3 Å². The van der Waals surface area contributed by atoms with Crippen molar-refractivity contribution in [2.45, 2.75) is 13.5 Å². The highest BCUT2D eigenvalue weighted by Gasteiger charge is 2.07. The lowest BCUT2D eigenvalue weighted by atomic mass is 10.1. The first-order chi connectivity index (χ1) is 7.66. The molecule has 16 heavy (non-hydrogen) atoms. The molecule has 2 aromatic rings. The molecule has 0 saturated carbocycles. The largest absolute Gasteiger partial charge is 0.304 e. The Bertz CT molecular complexity index is 457. The minimum atomic E-state index is 1.03. The van der Waals surface area contributed by atoms with Gasteiger partial charge in [-0.05, 0) is 38.2 Å². The molecule has 0 aliphatic carbocycles. The van der Waals surface area contributed by atoms with E-state index in [0.29, 0.717) is 0 Å². The Hall–Kier alpha value is -1.12. The van der Waals surface area contributed by atoms with Crippen LogP contribution in [0.25, 0.3) is 11.1 Å². The van der Waals surface area contributed by atoms with Gasteiger partial charge in [0.25, 0.3) is 0 Å². The third kappa shape index (κ3) is 2.52. The van der Waals surface area contributed by atoms with Crippen LogP contribution in [0.3, 0.4) is 0 Å². The van der Waals surface area contributed by atoms with Crippen LogP contribution in [0.1, 0.15) is 9.75 Å². The quantitative estimate of drug-likeness (QED) is 0.777. The van der Waals surface area contributed by atoms with Crippen molar-refractivity contribution < 1.29 is 0 Å². The van der Waals surface area contributed by atoms with Crippen molar-refractivity contribution in [2.75, 3.05) is 14.1 Å². The Morgan fingerprint density at radius 2 is 1.81 bits per heavy atom. The standard InChI is InChI=1S/C14H17NS/c1-11-14(12-7-5-4-6-8-12)9-13(16-11)10-15(2)3/h4-9H,10H2,1-3H3. The smallest absolute Gasteiger partial charge is 0.0322 e. The molecule has 0 aliphatic rings. The summed E-state index contributed by atoms with van der Waals surface area (Å²) in [7, 11) is 4.22. The molecule has 1 aromatic carbocycles. The third-order valence-electron chi connectivity index (χ3n) is 2.53. The molecule has 2 heteroatoms. The van der Waals surface area contributed by atoms with Gasteiger partial charge in [0.15, 0.2) is 0 Å². The average Bonchev–Trinajstić information content (AvgIpc) is 2.60. The van der Waals surface area contributed by atoms with Crippen LogP contribution in [-0.4, -0.2) is 19.0 Å². The van der Waals surface area contributed by atoms with Crippen molar-refractivity contribution in [3.05, 3.63) is 46.2 Å². The summed E-state index contributed by atoms with van der Waals surface area (Å²) in [6, 6.07) is 12.9. The van der Waals surface area contributed by atoms with E-state index in [1.807, 2.05) is 11.3 Å². The van der Waals surface area contributed by atoms with Crippen LogP contribution in [0.4, 0.5) is 0 Å². The van der Waals surface area contributed by atoms with Crippen LogP contribution in [0.15, 0.2) is 36.4 Å². The van der Waals surface area contributed by atoms with Crippen molar-refractivity contribution in [3.63, 3.8) is 0 Å². The van der Waals surface area contributed by atoms with E-state index in [9.17, 15) is 0 Å². The van der Waals surface area contributed by atoms with Gasteiger partial charge in [-0.3, -0.25) is 0 Å². The molecule has 84 valence electrons. The van der Waals surface area contributed by atoms with Crippen LogP contribution in [0, 0.1) is 6.92 Å². The molecule has 0 spiro atoms. The van der Waals surface area contributed by atoms with Crippen LogP contribution in [0.5, 0.6) is 0 Å². The summed E-state index contributed by atoms with van der Waals surface area (Å²) in [6.07, 6.45) is 0. The number of aryl methyl sites for hydroxylation is 1. The van der Waals surface area contributed by atoms with Crippen molar-refractivity contribution >= 4 is 11.3 Å². The Balaban J connectivity index is 2.32. The zero-order valence-corrected chi connectivity index (χ0v) is 10.8. The van der Waals surface area contributed by atoms with Gasteiger partial charge in [-0.1, -0.05) is 30.3 Å². The highest BCUT2D eigenvalue weighted by Crippen LogP contribution is 2.31. The van der Waals surface area contributed by atoms with Crippen molar-refractivity contribution in [1.29, 1.82) is 0 Å². The van der Waals surface area contributed by atoms with E-state index < -0.39 is 0 Å². The van der Waals surface area contributed by atoms with E-state index in [-0.39, 0.29) is 0 Å². The topological polar surface area (TPSA) is 3.24 Å². The van der Waals surface area contributed by atoms with E-state index >= 15 is 0 Å². The van der Waals surface area contributed by atoms with E-state index in [4.69, 9.17) is 0 Å². The summed E-state index contributed by atoms with van der Waals surface area (Å²) in [4.78, 5) is 5.05. The van der Waals surface area contributed by atoms with Gasteiger partial charge in [-0.2, -0.15) is 0 Å². The van der Waals surface area contributed by atoms with Crippen molar-refractivity contribution in [1.82, 2.24) is 4.90 Å². The molecule has 0 N–H and O–H groups in total. The minimum Gasteiger partial charge on any atom is -0.304 e. The Labute approximate surface area is 101 Å². The Kier molecular flexibility index (Phi) is 3.42. The van der Waals surface area contributed by atoms with E-state index in [1.165, 1.54) is 20.9 Å². The summed E-state index contributed by atoms with van der Waals surface area (Å²) in [5.74, 6) is 0. The molecule has 0 amide bonds. The van der Waals surface area contributed by atoms with Gasteiger partial charge < -0.3 is 4.90 Å². The normalized spacial score (nSPS) is 11.0. The van der Waals surface area contributed by atoms with Gasteiger partial charge in [-0.25, -0.2) is 0 Å². The first-order valence-electron chi connectivity index (χ1n) is 5.46. The molecular weight excluding hydrogens is 214 g/mol. The van der Waals surface area contributed by atoms with Crippen LogP contribution in [0.2, 0.25) is 0 Å². The number of thiophene rings is 1. The van der Waals surface area contributed by atoms with Gasteiger partial charge in [0.1, 0.15) is 0 Å². The highest BCUT2D eigenvalue weighted by atomic mass is 32.1. The number of nitrogens with zero attached hydrogens (tertiary/aromatic N) is 1. The SMILES string of the molecule is Cc1sc(CN(C)C)cc1-c1ccccc1. The molecule has 1 heterocycles. The lowest BCUT2D eigenvalue weighted by molar-refractivity contribution is 0.406. The monoisotopic (exact) mass is 231 g/mol. The first-order valence-corrected chi connectivity index (χ1v) is 6.28. The van der Waals surface area contributed by atoms with Crippen LogP contribution < -0.4 is 0 Å². The van der Waals surface area contributed by atoms with E-state index in [2.05, 4.69) is 62.3 Å². The summed E-state index contributed by atoms with van der Waals surface area (Å²) in [6.45, 7) is 3.23. The van der Waals surface area contributed by atoms with Crippen LogP contribution >= 0.6 is 11.3 Å². The van der Waals surface area contributed by atoms with Crippen LogP contribution in [-0.2, 0) is 6.54 Å². The number of hydrogen-bond donors (Lipinski definition) is 0. The Morgan fingerprint density at radius 1 is 1.12 bits per heavy atom. The zero-order chi connectivity index (χ0) is 11.5. The van der Waals surface area contributed by atoms with Gasteiger partial charge in [0.05, 0.1) is 0 Å². The van der Waals surface area contributed by atoms with E-state index in [1.54, 1.807) is 0 Å². The summed E-state index contributed by atoms with van der Waals surface area (Å²) >= 11 is 1.90. The fraction of sp³-hybridized carbons (Fsp3) is 0.286. The third-order valence-corrected chi connectivity index (χ3v) is 3.56. The molecule has 1 nitrogen and oxygen atoms in total. The maximum Gasteiger partial charge on any atom is 0.0322 e. The average molecular weight is 231 g/mol. The second kappa shape index (κ2) is 4.81. The van der Waals surface area contributed by atoms with Crippen molar-refractivity contribution in [3.8, 4) is 11.1 Å². The fourth-order valence-electron chi connectivity index (χ4n) is 1.84.